The molecule has 3 aromatic rings. The molecule has 0 saturated carbocycles. The number of aromatic nitrogens is 4. The Hall–Kier alpha value is -2.61. The van der Waals surface area contributed by atoms with Crippen molar-refractivity contribution < 1.29 is 9.32 Å². The Morgan fingerprint density at radius 1 is 1.21 bits per heavy atom. The molecule has 0 aliphatic heterocycles. The van der Waals surface area contributed by atoms with E-state index in [-0.39, 0.29) is 11.7 Å². The molecule has 8 heteroatoms. The zero-order chi connectivity index (χ0) is 17.1. The van der Waals surface area contributed by atoms with Crippen LogP contribution in [0.25, 0.3) is 5.69 Å². The van der Waals surface area contributed by atoms with Gasteiger partial charge in [-0.15, -0.1) is 10.2 Å². The highest BCUT2D eigenvalue weighted by atomic mass is 32.2. The van der Waals surface area contributed by atoms with Crippen LogP contribution in [0, 0.1) is 20.8 Å². The maximum Gasteiger partial charge on any atom is 0.237 e. The minimum absolute atomic E-state index is 0.188. The molecular formula is C16H17N5O2S. The summed E-state index contributed by atoms with van der Waals surface area (Å²) >= 11 is 1.32. The van der Waals surface area contributed by atoms with Crippen molar-refractivity contribution in [3.8, 4) is 5.69 Å². The lowest BCUT2D eigenvalue weighted by atomic mass is 10.2. The van der Waals surface area contributed by atoms with E-state index in [1.165, 1.54) is 17.3 Å². The number of hydrogen-bond donors (Lipinski definition) is 1. The molecule has 0 bridgehead atoms. The molecule has 1 N–H and O–H groups in total. The van der Waals surface area contributed by atoms with Crippen molar-refractivity contribution in [2.75, 3.05) is 11.1 Å². The number of thioether (sulfide) groups is 1. The molecule has 0 aliphatic carbocycles. The Morgan fingerprint density at radius 2 is 1.96 bits per heavy atom. The molecule has 2 aromatic heterocycles. The number of rotatable bonds is 5. The molecule has 0 aliphatic rings. The first-order valence-electron chi connectivity index (χ1n) is 7.38. The molecule has 2 heterocycles. The average Bonchev–Trinajstić information content (AvgIpc) is 3.12. The lowest BCUT2D eigenvalue weighted by Gasteiger charge is -2.08. The summed E-state index contributed by atoms with van der Waals surface area (Å²) in [6.45, 7) is 5.71. The first-order chi connectivity index (χ1) is 11.5. The second kappa shape index (κ2) is 6.88. The smallest absolute Gasteiger partial charge is 0.237 e. The number of hydrogen-bond acceptors (Lipinski definition) is 6. The van der Waals surface area contributed by atoms with Crippen LogP contribution in [0.2, 0.25) is 0 Å². The number of benzene rings is 1. The molecule has 0 unspecified atom stereocenters. The summed E-state index contributed by atoms with van der Waals surface area (Å²) in [5.74, 6) is 1.12. The molecular weight excluding hydrogens is 326 g/mol. The van der Waals surface area contributed by atoms with Crippen LogP contribution in [-0.4, -0.2) is 31.6 Å². The first-order valence-corrected chi connectivity index (χ1v) is 8.36. The van der Waals surface area contributed by atoms with E-state index in [0.717, 1.165) is 11.5 Å². The monoisotopic (exact) mass is 343 g/mol. The Bertz CT molecular complexity index is 854. The molecule has 0 saturated heterocycles. The van der Waals surface area contributed by atoms with Crippen LogP contribution in [-0.2, 0) is 4.79 Å². The standard InChI is InChI=1S/C16H17N5O2S/c1-10-4-6-13(7-5-10)21-12(3)18-19-16(21)24-9-14(22)17-15-8-11(2)20-23-15/h4-8H,9H2,1-3H3,(H,17,22). The maximum atomic E-state index is 12.0. The zero-order valence-corrected chi connectivity index (χ0v) is 14.4. The summed E-state index contributed by atoms with van der Waals surface area (Å²) in [7, 11) is 0. The molecule has 0 fully saturated rings. The lowest BCUT2D eigenvalue weighted by Crippen LogP contribution is -2.14. The summed E-state index contributed by atoms with van der Waals surface area (Å²) in [5, 5.41) is 15.3. The van der Waals surface area contributed by atoms with Crippen molar-refractivity contribution in [1.29, 1.82) is 0 Å². The lowest BCUT2D eigenvalue weighted by molar-refractivity contribution is -0.113. The highest BCUT2D eigenvalue weighted by Crippen LogP contribution is 2.22. The summed E-state index contributed by atoms with van der Waals surface area (Å²) in [5.41, 5.74) is 2.87. The first kappa shape index (κ1) is 16.3. The molecule has 7 nitrogen and oxygen atoms in total. The maximum absolute atomic E-state index is 12.0. The normalized spacial score (nSPS) is 10.8. The van der Waals surface area contributed by atoms with E-state index < -0.39 is 0 Å². The van der Waals surface area contributed by atoms with E-state index in [1.807, 2.05) is 42.7 Å². The van der Waals surface area contributed by atoms with Gasteiger partial charge in [-0.25, -0.2) is 0 Å². The number of nitrogens with zero attached hydrogens (tertiary/aromatic N) is 4. The summed E-state index contributed by atoms with van der Waals surface area (Å²) in [4.78, 5) is 12.0. The van der Waals surface area contributed by atoms with Gasteiger partial charge in [0.05, 0.1) is 11.4 Å². The predicted octanol–water partition coefficient (Wildman–Crippen LogP) is 2.91. The number of carbonyl (C=O) groups is 1. The number of nitrogens with one attached hydrogen (secondary N) is 1. The number of aryl methyl sites for hydroxylation is 3. The van der Waals surface area contributed by atoms with Crippen LogP contribution in [0.3, 0.4) is 0 Å². The van der Waals surface area contributed by atoms with Crippen LogP contribution in [0.5, 0.6) is 0 Å². The van der Waals surface area contributed by atoms with Gasteiger partial charge >= 0.3 is 0 Å². The van der Waals surface area contributed by atoms with Gasteiger partial charge in [0, 0.05) is 11.8 Å². The van der Waals surface area contributed by atoms with E-state index in [4.69, 9.17) is 4.52 Å². The van der Waals surface area contributed by atoms with E-state index in [0.29, 0.717) is 16.7 Å². The average molecular weight is 343 g/mol. The van der Waals surface area contributed by atoms with Gasteiger partial charge in [0.25, 0.3) is 0 Å². The molecule has 124 valence electrons. The molecule has 0 spiro atoms. The fraction of sp³-hybridized carbons (Fsp3) is 0.250. The van der Waals surface area contributed by atoms with Gasteiger partial charge in [0.2, 0.25) is 11.8 Å². The summed E-state index contributed by atoms with van der Waals surface area (Å²) < 4.78 is 6.90. The fourth-order valence-electron chi connectivity index (χ4n) is 2.15. The van der Waals surface area contributed by atoms with Crippen molar-refractivity contribution in [2.45, 2.75) is 25.9 Å². The number of carbonyl (C=O) groups excluding carboxylic acids is 1. The van der Waals surface area contributed by atoms with E-state index in [9.17, 15) is 4.79 Å². The fourth-order valence-corrected chi connectivity index (χ4v) is 2.95. The molecule has 0 atom stereocenters. The summed E-state index contributed by atoms with van der Waals surface area (Å²) in [6, 6.07) is 9.74. The molecule has 3 rings (SSSR count). The van der Waals surface area contributed by atoms with Crippen LogP contribution in [0.15, 0.2) is 40.0 Å². The minimum atomic E-state index is -0.188. The highest BCUT2D eigenvalue weighted by molar-refractivity contribution is 7.99. The van der Waals surface area contributed by atoms with Crippen molar-refractivity contribution >= 4 is 23.6 Å². The quantitative estimate of drug-likeness (QED) is 0.717. The zero-order valence-electron chi connectivity index (χ0n) is 13.6. The van der Waals surface area contributed by atoms with Gasteiger partial charge in [0.1, 0.15) is 5.82 Å². The third kappa shape index (κ3) is 3.65. The topological polar surface area (TPSA) is 85.8 Å². The Balaban J connectivity index is 1.69. The summed E-state index contributed by atoms with van der Waals surface area (Å²) in [6.07, 6.45) is 0. The van der Waals surface area contributed by atoms with Crippen LogP contribution >= 0.6 is 11.8 Å². The van der Waals surface area contributed by atoms with Gasteiger partial charge in [-0.1, -0.05) is 34.6 Å². The van der Waals surface area contributed by atoms with Crippen LogP contribution in [0.1, 0.15) is 17.1 Å². The molecule has 24 heavy (non-hydrogen) atoms. The van der Waals surface area contributed by atoms with Gasteiger partial charge in [0.15, 0.2) is 5.16 Å². The van der Waals surface area contributed by atoms with Gasteiger partial charge in [-0.3, -0.25) is 14.7 Å². The largest absolute Gasteiger partial charge is 0.338 e. The molecule has 1 amide bonds. The Morgan fingerprint density at radius 3 is 2.62 bits per heavy atom. The van der Waals surface area contributed by atoms with Crippen molar-refractivity contribution in [1.82, 2.24) is 19.9 Å². The third-order valence-electron chi connectivity index (χ3n) is 3.31. The highest BCUT2D eigenvalue weighted by Gasteiger charge is 2.14. The van der Waals surface area contributed by atoms with Gasteiger partial charge in [-0.2, -0.15) is 0 Å². The Kier molecular flexibility index (Phi) is 4.66. The second-order valence-corrected chi connectivity index (χ2v) is 6.31. The van der Waals surface area contributed by atoms with E-state index in [1.54, 1.807) is 13.0 Å². The van der Waals surface area contributed by atoms with E-state index in [2.05, 4.69) is 20.7 Å². The van der Waals surface area contributed by atoms with Crippen LogP contribution < -0.4 is 5.32 Å². The second-order valence-electron chi connectivity index (χ2n) is 5.37. The molecule has 1 aromatic carbocycles. The van der Waals surface area contributed by atoms with Gasteiger partial charge < -0.3 is 4.52 Å². The van der Waals surface area contributed by atoms with Crippen molar-refractivity contribution in [3.63, 3.8) is 0 Å². The Labute approximate surface area is 143 Å². The van der Waals surface area contributed by atoms with E-state index >= 15 is 0 Å². The SMILES string of the molecule is Cc1ccc(-n2c(C)nnc2SCC(=O)Nc2cc(C)no2)cc1. The molecule has 0 radical (unpaired) electrons. The third-order valence-corrected chi connectivity index (χ3v) is 4.24. The predicted molar refractivity (Wildman–Crippen MR) is 91.4 cm³/mol. The number of anilines is 1. The van der Waals surface area contributed by atoms with Crippen molar-refractivity contribution in [3.05, 3.63) is 47.4 Å². The van der Waals surface area contributed by atoms with Crippen molar-refractivity contribution in [2.24, 2.45) is 0 Å². The number of amides is 1. The van der Waals surface area contributed by atoms with Crippen LogP contribution in [0.4, 0.5) is 5.88 Å². The minimum Gasteiger partial charge on any atom is -0.338 e. The van der Waals surface area contributed by atoms with Gasteiger partial charge in [-0.05, 0) is 32.9 Å².